The third kappa shape index (κ3) is 9.06. The van der Waals surface area contributed by atoms with Gasteiger partial charge in [-0.1, -0.05) is 78.0 Å². The molecule has 4 aromatic rings. The number of carbonyl (C=O) groups excluding carboxylic acids is 2. The largest absolute Gasteiger partial charge is 0.493 e. The zero-order valence-corrected chi connectivity index (χ0v) is 22.3. The van der Waals surface area contributed by atoms with E-state index < -0.39 is 17.9 Å². The molecule has 0 saturated carbocycles. The summed E-state index contributed by atoms with van der Waals surface area (Å²) in [5, 5.41) is 6.61. The van der Waals surface area contributed by atoms with Crippen LogP contribution in [0.2, 0.25) is 0 Å². The van der Waals surface area contributed by atoms with Gasteiger partial charge >= 0.3 is 6.09 Å². The van der Waals surface area contributed by atoms with E-state index in [9.17, 15) is 9.59 Å². The van der Waals surface area contributed by atoms with Crippen molar-refractivity contribution in [1.29, 1.82) is 0 Å². The van der Waals surface area contributed by atoms with Crippen molar-refractivity contribution >= 4 is 11.9 Å². The lowest BCUT2D eigenvalue weighted by atomic mass is 10.1. The summed E-state index contributed by atoms with van der Waals surface area (Å²) in [4.78, 5) is 29.9. The molecule has 0 radical (unpaired) electrons. The number of nitrogens with zero attached hydrogens (tertiary/aromatic N) is 2. The van der Waals surface area contributed by atoms with E-state index in [1.54, 1.807) is 0 Å². The minimum absolute atomic E-state index is 0.0952. The lowest BCUT2D eigenvalue weighted by molar-refractivity contribution is 0.0868. The molecule has 208 valence electrons. The van der Waals surface area contributed by atoms with E-state index in [2.05, 4.69) is 27.6 Å². The molecular weight excluding hydrogens is 508 g/mol. The molecule has 3 N–H and O–H groups in total. The van der Waals surface area contributed by atoms with Gasteiger partial charge in [-0.25, -0.2) is 4.79 Å². The van der Waals surface area contributed by atoms with Gasteiger partial charge < -0.3 is 25.0 Å². The Hall–Kier alpha value is -4.50. The number of aromatic nitrogens is 2. The lowest BCUT2D eigenvalue weighted by Crippen LogP contribution is -2.41. The Balaban J connectivity index is 1.30. The molecule has 0 aliphatic rings. The number of ketones is 1. The first-order valence-corrected chi connectivity index (χ1v) is 13.4. The van der Waals surface area contributed by atoms with Gasteiger partial charge in [0.2, 0.25) is 5.78 Å². The van der Waals surface area contributed by atoms with Crippen molar-refractivity contribution in [3.05, 3.63) is 113 Å². The number of ether oxygens (including phenoxy) is 2. The summed E-state index contributed by atoms with van der Waals surface area (Å²) in [5.41, 5.74) is 8.61. The molecule has 0 saturated heterocycles. The van der Waals surface area contributed by atoms with Gasteiger partial charge in [-0.15, -0.1) is 0 Å². The van der Waals surface area contributed by atoms with E-state index >= 15 is 0 Å². The number of amides is 1. The topological polar surface area (TPSA) is 130 Å². The van der Waals surface area contributed by atoms with Crippen LogP contribution in [0.25, 0.3) is 0 Å². The second kappa shape index (κ2) is 15.2. The van der Waals surface area contributed by atoms with Crippen LogP contribution in [0.5, 0.6) is 5.75 Å². The van der Waals surface area contributed by atoms with Crippen molar-refractivity contribution in [3.63, 3.8) is 0 Å². The molecule has 1 heterocycles. The quantitative estimate of drug-likeness (QED) is 0.160. The van der Waals surface area contributed by atoms with E-state index in [1.807, 2.05) is 72.8 Å². The van der Waals surface area contributed by atoms with Crippen LogP contribution < -0.4 is 15.8 Å². The van der Waals surface area contributed by atoms with E-state index in [4.69, 9.17) is 19.7 Å². The van der Waals surface area contributed by atoms with Crippen LogP contribution in [0.4, 0.5) is 4.79 Å². The summed E-state index contributed by atoms with van der Waals surface area (Å²) < 4.78 is 16.4. The SMILES string of the molecule is NCCCCC(NC(=O)OCc1ccccc1)C(=O)c1nc(Cc2ccc(OCCc3ccccc3)cc2)no1. The molecule has 0 aliphatic carbocycles. The molecule has 3 aromatic carbocycles. The lowest BCUT2D eigenvalue weighted by Gasteiger charge is -2.15. The first-order valence-electron chi connectivity index (χ1n) is 13.4. The Morgan fingerprint density at radius 2 is 1.57 bits per heavy atom. The molecule has 1 amide bonds. The third-order valence-electron chi connectivity index (χ3n) is 6.24. The van der Waals surface area contributed by atoms with E-state index in [1.165, 1.54) is 5.56 Å². The summed E-state index contributed by atoms with van der Waals surface area (Å²) in [5.74, 6) is 0.522. The van der Waals surface area contributed by atoms with Gasteiger partial charge in [0.15, 0.2) is 5.82 Å². The fourth-order valence-corrected chi connectivity index (χ4v) is 4.06. The summed E-state index contributed by atoms with van der Waals surface area (Å²) in [7, 11) is 0. The molecule has 1 unspecified atom stereocenters. The number of nitrogens with one attached hydrogen (secondary N) is 1. The van der Waals surface area contributed by atoms with E-state index in [0.29, 0.717) is 44.7 Å². The Kier molecular flexibility index (Phi) is 10.8. The zero-order chi connectivity index (χ0) is 28.0. The van der Waals surface area contributed by atoms with Crippen LogP contribution in [0.3, 0.4) is 0 Å². The molecule has 0 fully saturated rings. The molecule has 1 atom stereocenters. The Morgan fingerprint density at radius 3 is 2.27 bits per heavy atom. The van der Waals surface area contributed by atoms with Gasteiger partial charge in [-0.2, -0.15) is 4.98 Å². The number of benzene rings is 3. The molecule has 1 aromatic heterocycles. The minimum atomic E-state index is -0.865. The third-order valence-corrected chi connectivity index (χ3v) is 6.24. The van der Waals surface area contributed by atoms with Gasteiger partial charge in [-0.05, 0) is 54.6 Å². The molecule has 4 rings (SSSR count). The maximum Gasteiger partial charge on any atom is 0.408 e. The van der Waals surface area contributed by atoms with Gasteiger partial charge in [0.25, 0.3) is 5.89 Å². The number of nitrogens with two attached hydrogens (primary N) is 1. The van der Waals surface area contributed by atoms with Crippen LogP contribution in [0, 0.1) is 0 Å². The second-order valence-corrected chi connectivity index (χ2v) is 9.33. The number of hydrogen-bond donors (Lipinski definition) is 2. The smallest absolute Gasteiger partial charge is 0.408 e. The van der Waals surface area contributed by atoms with Crippen molar-refractivity contribution < 1.29 is 23.6 Å². The van der Waals surface area contributed by atoms with Crippen molar-refractivity contribution in [2.45, 2.75) is 44.8 Å². The van der Waals surface area contributed by atoms with Crippen LogP contribution in [0.15, 0.2) is 89.5 Å². The monoisotopic (exact) mass is 542 g/mol. The van der Waals surface area contributed by atoms with Crippen molar-refractivity contribution in [2.24, 2.45) is 5.73 Å². The van der Waals surface area contributed by atoms with Crippen molar-refractivity contribution in [2.75, 3.05) is 13.2 Å². The number of Topliss-reactive ketones (excluding diaryl/α,β-unsaturated/α-hetero) is 1. The molecule has 0 bridgehead atoms. The van der Waals surface area contributed by atoms with Crippen LogP contribution >= 0.6 is 0 Å². The Morgan fingerprint density at radius 1 is 0.875 bits per heavy atom. The van der Waals surface area contributed by atoms with Gasteiger partial charge in [0.1, 0.15) is 18.4 Å². The first kappa shape index (κ1) is 28.5. The predicted molar refractivity (Wildman–Crippen MR) is 150 cm³/mol. The molecule has 0 spiro atoms. The van der Waals surface area contributed by atoms with Crippen LogP contribution in [-0.4, -0.2) is 41.2 Å². The first-order chi connectivity index (χ1) is 19.6. The maximum absolute atomic E-state index is 13.1. The number of rotatable bonds is 15. The van der Waals surface area contributed by atoms with Crippen molar-refractivity contribution in [3.8, 4) is 5.75 Å². The summed E-state index contributed by atoms with van der Waals surface area (Å²) in [6.07, 6.45) is 2.25. The number of carbonyl (C=O) groups is 2. The predicted octanol–water partition coefficient (Wildman–Crippen LogP) is 4.89. The Bertz CT molecular complexity index is 1330. The molecule has 40 heavy (non-hydrogen) atoms. The summed E-state index contributed by atoms with van der Waals surface area (Å²) in [6, 6.07) is 26.3. The standard InChI is InChI=1S/C31H34N4O5/c32-19-8-7-13-27(33-31(37)39-22-25-11-5-2-6-12-25)29(36)30-34-28(35-40-30)21-24-14-16-26(17-15-24)38-20-18-23-9-3-1-4-10-23/h1-6,9-12,14-17,27H,7-8,13,18-22,32H2,(H,33,37). The van der Waals surface area contributed by atoms with E-state index in [-0.39, 0.29) is 12.5 Å². The second-order valence-electron chi connectivity index (χ2n) is 9.33. The minimum Gasteiger partial charge on any atom is -0.493 e. The highest BCUT2D eigenvalue weighted by atomic mass is 16.5. The summed E-state index contributed by atoms with van der Waals surface area (Å²) >= 11 is 0. The van der Waals surface area contributed by atoms with Gasteiger partial charge in [-0.3, -0.25) is 4.79 Å². The number of hydrogen-bond acceptors (Lipinski definition) is 8. The van der Waals surface area contributed by atoms with Crippen molar-refractivity contribution in [1.82, 2.24) is 15.5 Å². The summed E-state index contributed by atoms with van der Waals surface area (Å²) in [6.45, 7) is 1.17. The Labute approximate surface area is 233 Å². The number of alkyl carbamates (subject to hydrolysis) is 1. The normalized spacial score (nSPS) is 11.5. The highest BCUT2D eigenvalue weighted by Crippen LogP contribution is 2.16. The zero-order valence-electron chi connectivity index (χ0n) is 22.3. The average Bonchev–Trinajstić information content (AvgIpc) is 3.46. The average molecular weight is 543 g/mol. The van der Waals surface area contributed by atoms with E-state index in [0.717, 1.165) is 23.3 Å². The number of unbranched alkanes of at least 4 members (excludes halogenated alkanes) is 1. The molecular formula is C31H34N4O5. The van der Waals surface area contributed by atoms with Crippen LogP contribution in [0.1, 0.15) is 52.5 Å². The fraction of sp³-hybridized carbons (Fsp3) is 0.290. The fourth-order valence-electron chi connectivity index (χ4n) is 4.06. The highest BCUT2D eigenvalue weighted by Gasteiger charge is 2.27. The van der Waals surface area contributed by atoms with Gasteiger partial charge in [0.05, 0.1) is 6.61 Å². The van der Waals surface area contributed by atoms with Crippen LogP contribution in [-0.2, 0) is 24.2 Å². The molecule has 9 heteroatoms. The van der Waals surface area contributed by atoms with Gasteiger partial charge in [0, 0.05) is 12.8 Å². The highest BCUT2D eigenvalue weighted by molar-refractivity contribution is 5.97. The molecule has 9 nitrogen and oxygen atoms in total. The maximum atomic E-state index is 13.1. The molecule has 0 aliphatic heterocycles.